The highest BCUT2D eigenvalue weighted by molar-refractivity contribution is 5.92. The Balaban J connectivity index is 1.45. The molecule has 2 aromatic heterocycles. The Morgan fingerprint density at radius 2 is 1.83 bits per heavy atom. The van der Waals surface area contributed by atoms with E-state index in [2.05, 4.69) is 20.2 Å². The van der Waals surface area contributed by atoms with Crippen LogP contribution < -0.4 is 5.56 Å². The van der Waals surface area contributed by atoms with E-state index in [1.54, 1.807) is 15.7 Å². The molecule has 29 heavy (non-hydrogen) atoms. The quantitative estimate of drug-likeness (QED) is 0.662. The van der Waals surface area contributed by atoms with E-state index in [0.717, 1.165) is 24.1 Å². The summed E-state index contributed by atoms with van der Waals surface area (Å²) in [6.07, 6.45) is 4.65. The largest absolute Gasteiger partial charge is 0.336 e. The highest BCUT2D eigenvalue weighted by Gasteiger charge is 2.48. The second-order valence-corrected chi connectivity index (χ2v) is 7.75. The van der Waals surface area contributed by atoms with Crippen molar-refractivity contribution in [3.8, 4) is 11.3 Å². The lowest BCUT2D eigenvalue weighted by atomic mass is 9.85. The van der Waals surface area contributed by atoms with Crippen molar-refractivity contribution >= 4 is 5.91 Å². The third-order valence-electron chi connectivity index (χ3n) is 5.92. The van der Waals surface area contributed by atoms with Crippen LogP contribution in [-0.2, 0) is 12.0 Å². The Morgan fingerprint density at radius 3 is 2.59 bits per heavy atom. The average Bonchev–Trinajstić information content (AvgIpc) is 3.34. The molecule has 1 amide bonds. The molecule has 3 aromatic rings. The predicted molar refractivity (Wildman–Crippen MR) is 105 cm³/mol. The molecule has 1 aromatic carbocycles. The van der Waals surface area contributed by atoms with E-state index in [9.17, 15) is 9.59 Å². The third kappa shape index (κ3) is 2.83. The minimum absolute atomic E-state index is 0.118. The van der Waals surface area contributed by atoms with E-state index in [0.29, 0.717) is 36.8 Å². The van der Waals surface area contributed by atoms with Gasteiger partial charge in [-0.15, -0.1) is 10.2 Å². The first-order valence-electron chi connectivity index (χ1n) is 9.69. The Morgan fingerprint density at radius 1 is 1.03 bits per heavy atom. The third-order valence-corrected chi connectivity index (χ3v) is 5.92. The van der Waals surface area contributed by atoms with Gasteiger partial charge in [0.25, 0.3) is 11.5 Å². The van der Waals surface area contributed by atoms with E-state index in [1.807, 2.05) is 37.3 Å². The van der Waals surface area contributed by atoms with Crippen LogP contribution in [0.4, 0.5) is 0 Å². The number of aromatic nitrogens is 5. The fourth-order valence-corrected chi connectivity index (χ4v) is 4.33. The zero-order valence-corrected chi connectivity index (χ0v) is 16.1. The fraction of sp³-hybridized carbons (Fsp3) is 0.333. The van der Waals surface area contributed by atoms with Gasteiger partial charge in [-0.2, -0.15) is 0 Å². The zero-order valence-electron chi connectivity index (χ0n) is 16.1. The van der Waals surface area contributed by atoms with E-state index >= 15 is 0 Å². The van der Waals surface area contributed by atoms with Gasteiger partial charge < -0.3 is 4.90 Å². The van der Waals surface area contributed by atoms with Crippen molar-refractivity contribution in [3.63, 3.8) is 0 Å². The summed E-state index contributed by atoms with van der Waals surface area (Å²) in [5.74, 6) is 0.552. The van der Waals surface area contributed by atoms with Crippen molar-refractivity contribution in [3.05, 3.63) is 70.3 Å². The smallest absolute Gasteiger partial charge is 0.280 e. The highest BCUT2D eigenvalue weighted by atomic mass is 16.2. The van der Waals surface area contributed by atoms with Crippen molar-refractivity contribution in [2.45, 2.75) is 31.7 Å². The normalized spacial score (nSPS) is 20.2. The van der Waals surface area contributed by atoms with E-state index < -0.39 is 0 Å². The number of benzene rings is 1. The van der Waals surface area contributed by atoms with Gasteiger partial charge in [-0.25, -0.2) is 4.98 Å². The van der Waals surface area contributed by atoms with Crippen LogP contribution in [0.25, 0.3) is 11.3 Å². The van der Waals surface area contributed by atoms with Gasteiger partial charge in [0, 0.05) is 31.4 Å². The Bertz CT molecular complexity index is 1140. The minimum atomic E-state index is -0.324. The topological polar surface area (TPSA) is 93.9 Å². The van der Waals surface area contributed by atoms with Crippen LogP contribution in [0.3, 0.4) is 0 Å². The maximum absolute atomic E-state index is 13.0. The molecule has 0 unspecified atom stereocenters. The number of fused-ring (bicyclic) bond motifs is 2. The molecule has 8 nitrogen and oxygen atoms in total. The number of carbonyl (C=O) groups excluding carboxylic acids is 1. The molecular weight excluding hydrogens is 368 g/mol. The summed E-state index contributed by atoms with van der Waals surface area (Å²) in [4.78, 5) is 36.0. The number of amides is 1. The number of rotatable bonds is 2. The minimum Gasteiger partial charge on any atom is -0.336 e. The first-order chi connectivity index (χ1) is 14.1. The monoisotopic (exact) mass is 388 g/mol. The number of hydrogen-bond acceptors (Lipinski definition) is 6. The maximum atomic E-state index is 13.0. The van der Waals surface area contributed by atoms with Crippen LogP contribution in [0.1, 0.15) is 34.8 Å². The molecule has 0 aliphatic carbocycles. The van der Waals surface area contributed by atoms with Crippen molar-refractivity contribution in [1.82, 2.24) is 29.6 Å². The molecule has 4 heterocycles. The van der Waals surface area contributed by atoms with Crippen molar-refractivity contribution in [2.24, 2.45) is 0 Å². The second-order valence-electron chi connectivity index (χ2n) is 7.75. The molecule has 1 atom stereocenters. The van der Waals surface area contributed by atoms with Crippen LogP contribution >= 0.6 is 0 Å². The van der Waals surface area contributed by atoms with Gasteiger partial charge in [-0.1, -0.05) is 30.3 Å². The van der Waals surface area contributed by atoms with Crippen LogP contribution in [0.2, 0.25) is 0 Å². The molecule has 1 saturated heterocycles. The lowest BCUT2D eigenvalue weighted by Crippen LogP contribution is -2.35. The molecule has 2 aliphatic rings. The molecule has 0 saturated carbocycles. The zero-order chi connectivity index (χ0) is 20.0. The summed E-state index contributed by atoms with van der Waals surface area (Å²) >= 11 is 0. The lowest BCUT2D eigenvalue weighted by molar-refractivity contribution is 0.0776. The number of nitrogens with zero attached hydrogens (tertiary/aromatic N) is 6. The first-order valence-corrected chi connectivity index (χ1v) is 9.69. The highest BCUT2D eigenvalue weighted by Crippen LogP contribution is 2.41. The van der Waals surface area contributed by atoms with Gasteiger partial charge >= 0.3 is 0 Å². The molecule has 8 heteroatoms. The van der Waals surface area contributed by atoms with Gasteiger partial charge in [0.15, 0.2) is 5.69 Å². The van der Waals surface area contributed by atoms with Gasteiger partial charge in [0.05, 0.1) is 17.3 Å². The summed E-state index contributed by atoms with van der Waals surface area (Å²) in [5.41, 5.74) is 1.80. The molecule has 0 radical (unpaired) electrons. The summed E-state index contributed by atoms with van der Waals surface area (Å²) in [6, 6.07) is 9.39. The van der Waals surface area contributed by atoms with Gasteiger partial charge in [0.1, 0.15) is 11.5 Å². The molecule has 1 fully saturated rings. The molecule has 2 aliphatic heterocycles. The Hall–Kier alpha value is -3.42. The first kappa shape index (κ1) is 17.7. The van der Waals surface area contributed by atoms with Crippen molar-refractivity contribution < 1.29 is 4.79 Å². The summed E-state index contributed by atoms with van der Waals surface area (Å²) < 4.78 is 1.73. The molecule has 5 rings (SSSR count). The van der Waals surface area contributed by atoms with E-state index in [1.165, 1.54) is 6.20 Å². The number of carbonyl (C=O) groups is 1. The molecular formula is C21H20N6O2. The summed E-state index contributed by atoms with van der Waals surface area (Å²) in [5, 5.41) is 8.72. The lowest BCUT2D eigenvalue weighted by Gasteiger charge is -2.22. The van der Waals surface area contributed by atoms with Crippen LogP contribution in [0.15, 0.2) is 47.5 Å². The maximum Gasteiger partial charge on any atom is 0.280 e. The molecule has 146 valence electrons. The van der Waals surface area contributed by atoms with E-state index in [4.69, 9.17) is 0 Å². The van der Waals surface area contributed by atoms with Gasteiger partial charge in [-0.3, -0.25) is 19.1 Å². The van der Waals surface area contributed by atoms with Crippen LogP contribution in [0, 0.1) is 6.92 Å². The number of aryl methyl sites for hydroxylation is 1. The Labute approximate surface area is 167 Å². The Kier molecular flexibility index (Phi) is 4.01. The van der Waals surface area contributed by atoms with Crippen molar-refractivity contribution in [1.29, 1.82) is 0 Å². The molecule has 0 bridgehead atoms. The van der Waals surface area contributed by atoms with Gasteiger partial charge in [0.2, 0.25) is 0 Å². The van der Waals surface area contributed by atoms with E-state index in [-0.39, 0.29) is 16.9 Å². The fourth-order valence-electron chi connectivity index (χ4n) is 4.33. The number of likely N-dealkylation sites (tertiary alicyclic amines) is 1. The molecule has 0 N–H and O–H groups in total. The van der Waals surface area contributed by atoms with Crippen molar-refractivity contribution in [2.75, 3.05) is 13.1 Å². The van der Waals surface area contributed by atoms with Crippen LogP contribution in [-0.4, -0.2) is 48.6 Å². The number of hydrogen-bond donors (Lipinski definition) is 0. The predicted octanol–water partition coefficient (Wildman–Crippen LogP) is 1.59. The SMILES string of the molecule is Cc1cnc(C(=O)N2CC[C@]3(CCn4c3nnc(-c3ccccc3)c4=O)C2)cn1. The second kappa shape index (κ2) is 6.58. The summed E-state index contributed by atoms with van der Waals surface area (Å²) in [7, 11) is 0. The van der Waals surface area contributed by atoms with Gasteiger partial charge in [-0.05, 0) is 19.8 Å². The average molecular weight is 388 g/mol. The standard InChI is InChI=1S/C21H20N6O2/c1-14-11-23-16(12-22-14)18(28)26-9-7-21(13-26)8-10-27-19(29)17(24-25-20(21)27)15-5-3-2-4-6-15/h2-6,11-12H,7-10,13H2,1H3/t21-/m0/s1. The van der Waals surface area contributed by atoms with Crippen LogP contribution in [0.5, 0.6) is 0 Å². The summed E-state index contributed by atoms with van der Waals surface area (Å²) in [6.45, 7) is 3.54. The molecule has 1 spiro atoms.